The number of nitrogens with one attached hydrogen (secondary N) is 1. The lowest BCUT2D eigenvalue weighted by Gasteiger charge is -2.07. The topological polar surface area (TPSA) is 76.7 Å². The monoisotopic (exact) mass is 222 g/mol. The summed E-state index contributed by atoms with van der Waals surface area (Å²) in [7, 11) is 0. The highest BCUT2D eigenvalue weighted by Gasteiger charge is 2.13. The summed E-state index contributed by atoms with van der Waals surface area (Å²) in [5, 5.41) is 6.09. The first-order chi connectivity index (χ1) is 7.59. The summed E-state index contributed by atoms with van der Waals surface area (Å²) in [6, 6.07) is 5.28. The molecule has 2 rings (SSSR count). The van der Waals surface area contributed by atoms with Crippen molar-refractivity contribution in [2.75, 3.05) is 0 Å². The van der Waals surface area contributed by atoms with Crippen molar-refractivity contribution in [1.29, 1.82) is 0 Å². The van der Waals surface area contributed by atoms with Gasteiger partial charge in [0, 0.05) is 0 Å². The smallest absolute Gasteiger partial charge is 0.322 e. The van der Waals surface area contributed by atoms with Crippen LogP contribution in [0.25, 0.3) is 5.69 Å². The van der Waals surface area contributed by atoms with E-state index in [9.17, 15) is 9.18 Å². The molecule has 6 heteroatoms. The minimum absolute atomic E-state index is 0.371. The molecule has 3 N–H and O–H groups in total. The predicted octanol–water partition coefficient (Wildman–Crippen LogP) is 0.719. The van der Waals surface area contributed by atoms with Crippen LogP contribution in [0, 0.1) is 5.82 Å². The van der Waals surface area contributed by atoms with Gasteiger partial charge < -0.3 is 5.73 Å². The predicted molar refractivity (Wildman–Crippen MR) is 56.7 cm³/mol. The van der Waals surface area contributed by atoms with E-state index in [1.165, 1.54) is 22.8 Å². The Bertz CT molecular complexity index is 558. The molecule has 0 saturated heterocycles. The summed E-state index contributed by atoms with van der Waals surface area (Å²) >= 11 is 0. The van der Waals surface area contributed by atoms with E-state index < -0.39 is 17.5 Å². The van der Waals surface area contributed by atoms with Gasteiger partial charge in [-0.3, -0.25) is 0 Å². The summed E-state index contributed by atoms with van der Waals surface area (Å²) < 4.78 is 14.3. The van der Waals surface area contributed by atoms with Gasteiger partial charge in [0.2, 0.25) is 0 Å². The van der Waals surface area contributed by atoms with Crippen LogP contribution in [0.2, 0.25) is 0 Å². The number of hydrogen-bond donors (Lipinski definition) is 2. The molecule has 84 valence electrons. The zero-order chi connectivity index (χ0) is 11.7. The van der Waals surface area contributed by atoms with E-state index in [4.69, 9.17) is 5.73 Å². The molecule has 1 aromatic carbocycles. The highest BCUT2D eigenvalue weighted by Crippen LogP contribution is 2.12. The van der Waals surface area contributed by atoms with Crippen molar-refractivity contribution in [3.63, 3.8) is 0 Å². The summed E-state index contributed by atoms with van der Waals surface area (Å²) in [6.07, 6.45) is 0. The fourth-order valence-corrected chi connectivity index (χ4v) is 1.48. The average Bonchev–Trinajstić information content (AvgIpc) is 2.60. The van der Waals surface area contributed by atoms with Crippen molar-refractivity contribution in [2.24, 2.45) is 5.73 Å². The Hall–Kier alpha value is -1.95. The largest absolute Gasteiger partial charge is 0.347 e. The van der Waals surface area contributed by atoms with Gasteiger partial charge in [-0.25, -0.2) is 18.9 Å². The molecule has 1 heterocycles. The van der Waals surface area contributed by atoms with Crippen LogP contribution in [0.1, 0.15) is 18.8 Å². The molecule has 0 aliphatic heterocycles. The van der Waals surface area contributed by atoms with Crippen LogP contribution in [0.4, 0.5) is 4.39 Å². The zero-order valence-electron chi connectivity index (χ0n) is 8.64. The molecule has 0 amide bonds. The van der Waals surface area contributed by atoms with Crippen LogP contribution in [0.3, 0.4) is 0 Å². The molecule has 1 unspecified atom stereocenters. The Balaban J connectivity index is 2.63. The van der Waals surface area contributed by atoms with Gasteiger partial charge in [-0.15, -0.1) is 0 Å². The van der Waals surface area contributed by atoms with Gasteiger partial charge in [0.05, 0.1) is 11.7 Å². The van der Waals surface area contributed by atoms with Crippen molar-refractivity contribution in [3.05, 3.63) is 46.4 Å². The normalized spacial score (nSPS) is 12.7. The van der Waals surface area contributed by atoms with Crippen LogP contribution < -0.4 is 11.4 Å². The van der Waals surface area contributed by atoms with Crippen LogP contribution in [0.5, 0.6) is 0 Å². The molecule has 2 aromatic rings. The molecule has 0 saturated carbocycles. The molecule has 0 radical (unpaired) electrons. The van der Waals surface area contributed by atoms with Crippen molar-refractivity contribution < 1.29 is 4.39 Å². The molecule has 5 nitrogen and oxygen atoms in total. The first-order valence-corrected chi connectivity index (χ1v) is 4.78. The minimum Gasteiger partial charge on any atom is -0.322 e. The van der Waals surface area contributed by atoms with Gasteiger partial charge in [0.1, 0.15) is 5.82 Å². The number of nitrogens with zero attached hydrogens (tertiary/aromatic N) is 2. The summed E-state index contributed by atoms with van der Waals surface area (Å²) in [5.74, 6) is -0.0446. The van der Waals surface area contributed by atoms with E-state index >= 15 is 0 Å². The maximum Gasteiger partial charge on any atom is 0.347 e. The number of benzene rings is 1. The minimum atomic E-state index is -0.432. The number of rotatable bonds is 2. The molecule has 1 aromatic heterocycles. The number of halogens is 1. The zero-order valence-corrected chi connectivity index (χ0v) is 8.64. The first kappa shape index (κ1) is 10.6. The Kier molecular flexibility index (Phi) is 2.57. The third kappa shape index (κ3) is 1.74. The fraction of sp³-hybridized carbons (Fsp3) is 0.200. The van der Waals surface area contributed by atoms with Crippen LogP contribution in [0.15, 0.2) is 29.1 Å². The maximum atomic E-state index is 13.0. The highest BCUT2D eigenvalue weighted by atomic mass is 19.1. The van der Waals surface area contributed by atoms with Crippen molar-refractivity contribution in [1.82, 2.24) is 14.8 Å². The molecule has 0 bridgehead atoms. The van der Waals surface area contributed by atoms with Crippen LogP contribution >= 0.6 is 0 Å². The first-order valence-electron chi connectivity index (χ1n) is 4.78. The Morgan fingerprint density at radius 3 is 2.94 bits per heavy atom. The Labute approximate surface area is 90.7 Å². The van der Waals surface area contributed by atoms with Gasteiger partial charge in [0.15, 0.2) is 5.82 Å². The van der Waals surface area contributed by atoms with Crippen LogP contribution in [-0.2, 0) is 0 Å². The molecular weight excluding hydrogens is 211 g/mol. The quantitative estimate of drug-likeness (QED) is 0.786. The van der Waals surface area contributed by atoms with Gasteiger partial charge >= 0.3 is 5.69 Å². The van der Waals surface area contributed by atoms with Crippen molar-refractivity contribution in [3.8, 4) is 5.69 Å². The van der Waals surface area contributed by atoms with Gasteiger partial charge in [-0.1, -0.05) is 6.07 Å². The second-order valence-corrected chi connectivity index (χ2v) is 3.49. The number of hydrogen-bond acceptors (Lipinski definition) is 3. The molecular formula is C10H11FN4O. The SMILES string of the molecule is CC(N)c1n[nH]c(=O)n1-c1cccc(F)c1. The van der Waals surface area contributed by atoms with E-state index in [2.05, 4.69) is 10.2 Å². The molecule has 16 heavy (non-hydrogen) atoms. The van der Waals surface area contributed by atoms with E-state index in [1.807, 2.05) is 0 Å². The molecule has 1 atom stereocenters. The molecule has 0 aliphatic rings. The van der Waals surface area contributed by atoms with Crippen LogP contribution in [-0.4, -0.2) is 14.8 Å². The van der Waals surface area contributed by atoms with E-state index in [1.54, 1.807) is 13.0 Å². The van der Waals surface area contributed by atoms with Gasteiger partial charge in [-0.05, 0) is 25.1 Å². The number of aromatic nitrogens is 3. The molecule has 0 aliphatic carbocycles. The number of H-pyrrole nitrogens is 1. The Morgan fingerprint density at radius 1 is 1.56 bits per heavy atom. The van der Waals surface area contributed by atoms with E-state index in [0.717, 1.165) is 0 Å². The van der Waals surface area contributed by atoms with Gasteiger partial charge in [-0.2, -0.15) is 5.10 Å². The maximum absolute atomic E-state index is 13.0. The standard InChI is InChI=1S/C10H11FN4O/c1-6(12)9-13-14-10(16)15(9)8-4-2-3-7(11)5-8/h2-6H,12H2,1H3,(H,14,16). The lowest BCUT2D eigenvalue weighted by molar-refractivity contribution is 0.624. The third-order valence-corrected chi connectivity index (χ3v) is 2.17. The second-order valence-electron chi connectivity index (χ2n) is 3.49. The Morgan fingerprint density at radius 2 is 2.31 bits per heavy atom. The summed E-state index contributed by atoms with van der Waals surface area (Å²) in [4.78, 5) is 11.5. The summed E-state index contributed by atoms with van der Waals surface area (Å²) in [5.41, 5.74) is 5.64. The summed E-state index contributed by atoms with van der Waals surface area (Å²) in [6.45, 7) is 1.70. The molecule has 0 spiro atoms. The number of nitrogens with two attached hydrogens (primary N) is 1. The van der Waals surface area contributed by atoms with E-state index in [0.29, 0.717) is 11.5 Å². The lowest BCUT2D eigenvalue weighted by atomic mass is 10.3. The van der Waals surface area contributed by atoms with Gasteiger partial charge in [0.25, 0.3) is 0 Å². The average molecular weight is 222 g/mol. The second kappa shape index (κ2) is 3.90. The fourth-order valence-electron chi connectivity index (χ4n) is 1.48. The van der Waals surface area contributed by atoms with E-state index in [-0.39, 0.29) is 0 Å². The van der Waals surface area contributed by atoms with Crippen molar-refractivity contribution >= 4 is 0 Å². The lowest BCUT2D eigenvalue weighted by Crippen LogP contribution is -2.20. The third-order valence-electron chi connectivity index (χ3n) is 2.17. The molecule has 0 fully saturated rings. The highest BCUT2D eigenvalue weighted by molar-refractivity contribution is 5.33. The van der Waals surface area contributed by atoms with Crippen molar-refractivity contribution in [2.45, 2.75) is 13.0 Å². The number of aromatic amines is 1.